The summed E-state index contributed by atoms with van der Waals surface area (Å²) in [6, 6.07) is 6.07. The van der Waals surface area contributed by atoms with E-state index in [0.717, 1.165) is 18.1 Å². The van der Waals surface area contributed by atoms with Crippen LogP contribution in [0.15, 0.2) is 48.8 Å². The minimum atomic E-state index is -4.38. The van der Waals surface area contributed by atoms with Crippen LogP contribution in [0.2, 0.25) is 0 Å². The summed E-state index contributed by atoms with van der Waals surface area (Å²) in [4.78, 5) is 23.9. The summed E-state index contributed by atoms with van der Waals surface area (Å²) >= 11 is 0. The van der Waals surface area contributed by atoms with E-state index in [0.29, 0.717) is 37.7 Å². The third kappa shape index (κ3) is 4.79. The van der Waals surface area contributed by atoms with Crippen molar-refractivity contribution in [3.63, 3.8) is 0 Å². The van der Waals surface area contributed by atoms with Crippen LogP contribution in [-0.2, 0) is 11.0 Å². The van der Waals surface area contributed by atoms with Gasteiger partial charge in [0.05, 0.1) is 17.4 Å². The van der Waals surface area contributed by atoms with Gasteiger partial charge in [-0.25, -0.2) is 9.97 Å². The average molecular weight is 391 g/mol. The van der Waals surface area contributed by atoms with Crippen molar-refractivity contribution >= 4 is 23.2 Å². The largest absolute Gasteiger partial charge is 0.417 e. The molecule has 1 amide bonds. The Balaban J connectivity index is 1.57. The van der Waals surface area contributed by atoms with Gasteiger partial charge in [0.1, 0.15) is 11.6 Å². The molecule has 28 heavy (non-hydrogen) atoms. The highest BCUT2D eigenvalue weighted by molar-refractivity contribution is 5.99. The first-order valence-corrected chi connectivity index (χ1v) is 8.79. The zero-order chi connectivity index (χ0) is 20.1. The van der Waals surface area contributed by atoms with E-state index in [-0.39, 0.29) is 5.91 Å². The quantitative estimate of drug-likeness (QED) is 0.810. The maximum absolute atomic E-state index is 12.6. The Morgan fingerprint density at radius 2 is 1.57 bits per heavy atom. The number of piperazine rings is 1. The number of halogens is 3. The van der Waals surface area contributed by atoms with E-state index < -0.39 is 11.7 Å². The van der Waals surface area contributed by atoms with Crippen molar-refractivity contribution in [3.8, 4) is 0 Å². The van der Waals surface area contributed by atoms with Crippen LogP contribution in [0.5, 0.6) is 0 Å². The molecule has 1 fully saturated rings. The molecule has 0 bridgehead atoms. The first-order chi connectivity index (χ1) is 13.4. The maximum Gasteiger partial charge on any atom is 0.417 e. The predicted octanol–water partition coefficient (Wildman–Crippen LogP) is 3.34. The molecule has 148 valence electrons. The highest BCUT2D eigenvalue weighted by Gasteiger charge is 2.31. The molecule has 2 aromatic heterocycles. The van der Waals surface area contributed by atoms with Gasteiger partial charge in [-0.1, -0.05) is 6.08 Å². The Hall–Kier alpha value is -3.10. The summed E-state index contributed by atoms with van der Waals surface area (Å²) in [6.07, 6.45) is 1.17. The number of allylic oxidation sites excluding steroid dienone is 1. The summed E-state index contributed by atoms with van der Waals surface area (Å²) in [7, 11) is 0. The number of carbonyl (C=O) groups is 1. The molecule has 1 aliphatic heterocycles. The Bertz CT molecular complexity index is 826. The van der Waals surface area contributed by atoms with E-state index in [1.807, 2.05) is 11.0 Å². The lowest BCUT2D eigenvalue weighted by molar-refractivity contribution is -0.137. The zero-order valence-electron chi connectivity index (χ0n) is 15.3. The fourth-order valence-electron chi connectivity index (χ4n) is 2.89. The average Bonchev–Trinajstić information content (AvgIpc) is 2.68. The number of nitrogens with one attached hydrogen (secondary N) is 1. The minimum absolute atomic E-state index is 0.213. The molecule has 1 N–H and O–H groups in total. The van der Waals surface area contributed by atoms with E-state index in [9.17, 15) is 18.0 Å². The molecule has 3 rings (SSSR count). The molecule has 2 aromatic rings. The highest BCUT2D eigenvalue weighted by Crippen LogP contribution is 2.29. The van der Waals surface area contributed by atoms with Gasteiger partial charge in [-0.15, -0.1) is 0 Å². The summed E-state index contributed by atoms with van der Waals surface area (Å²) < 4.78 is 37.9. The third-order valence-corrected chi connectivity index (χ3v) is 4.34. The van der Waals surface area contributed by atoms with E-state index in [2.05, 4.69) is 20.2 Å². The van der Waals surface area contributed by atoms with E-state index in [1.165, 1.54) is 12.1 Å². The van der Waals surface area contributed by atoms with Gasteiger partial charge < -0.3 is 15.1 Å². The smallest absolute Gasteiger partial charge is 0.353 e. The molecule has 6 nitrogen and oxygen atoms in total. The Kier molecular flexibility index (Phi) is 5.81. The Morgan fingerprint density at radius 3 is 2.00 bits per heavy atom. The SMILES string of the molecule is C/C=C/C(=O)Nc1ccc(N2CCN(c3ccc(C(F)(F)F)cn3)CC2)nc1. The van der Waals surface area contributed by atoms with Crippen molar-refractivity contribution < 1.29 is 18.0 Å². The van der Waals surface area contributed by atoms with E-state index in [1.54, 1.807) is 25.3 Å². The molecular formula is C19H20F3N5O. The van der Waals surface area contributed by atoms with Crippen LogP contribution in [0.1, 0.15) is 12.5 Å². The van der Waals surface area contributed by atoms with Crippen LogP contribution in [0.4, 0.5) is 30.5 Å². The molecule has 1 aliphatic rings. The van der Waals surface area contributed by atoms with Crippen molar-refractivity contribution in [1.82, 2.24) is 9.97 Å². The number of alkyl halides is 3. The molecule has 0 aromatic carbocycles. The fourth-order valence-corrected chi connectivity index (χ4v) is 2.89. The zero-order valence-corrected chi connectivity index (χ0v) is 15.3. The van der Waals surface area contributed by atoms with Crippen molar-refractivity contribution in [1.29, 1.82) is 0 Å². The summed E-state index contributed by atoms with van der Waals surface area (Å²) in [5, 5.41) is 2.71. The van der Waals surface area contributed by atoms with Gasteiger partial charge in [-0.05, 0) is 37.3 Å². The Morgan fingerprint density at radius 1 is 1.00 bits per heavy atom. The predicted molar refractivity (Wildman–Crippen MR) is 101 cm³/mol. The number of rotatable bonds is 4. The lowest BCUT2D eigenvalue weighted by Gasteiger charge is -2.36. The molecule has 3 heterocycles. The number of amides is 1. The number of aromatic nitrogens is 2. The number of pyridine rings is 2. The van der Waals surface area contributed by atoms with Crippen LogP contribution < -0.4 is 15.1 Å². The van der Waals surface area contributed by atoms with Crippen LogP contribution in [-0.4, -0.2) is 42.1 Å². The summed E-state index contributed by atoms with van der Waals surface area (Å²) in [5.74, 6) is 1.10. The first kappa shape index (κ1) is 19.7. The number of nitrogens with zero attached hydrogens (tertiary/aromatic N) is 4. The van der Waals surface area contributed by atoms with E-state index in [4.69, 9.17) is 0 Å². The normalized spacial score (nSPS) is 15.1. The van der Waals surface area contributed by atoms with Gasteiger partial charge in [0.25, 0.3) is 0 Å². The maximum atomic E-state index is 12.6. The topological polar surface area (TPSA) is 61.4 Å². The minimum Gasteiger partial charge on any atom is -0.353 e. The highest BCUT2D eigenvalue weighted by atomic mass is 19.4. The molecule has 1 saturated heterocycles. The second-order valence-electron chi connectivity index (χ2n) is 6.27. The number of hydrogen-bond acceptors (Lipinski definition) is 5. The molecule has 0 unspecified atom stereocenters. The van der Waals surface area contributed by atoms with E-state index >= 15 is 0 Å². The molecular weight excluding hydrogens is 371 g/mol. The van der Waals surface area contributed by atoms with Gasteiger partial charge in [0, 0.05) is 32.4 Å². The standard InChI is InChI=1S/C19H20F3N5O/c1-2-3-18(28)25-15-5-7-17(24-13-15)27-10-8-26(9-11-27)16-6-4-14(12-23-16)19(20,21)22/h2-7,12-13H,8-11H2,1H3,(H,25,28)/b3-2+. The molecule has 9 heteroatoms. The lowest BCUT2D eigenvalue weighted by Crippen LogP contribution is -2.47. The second kappa shape index (κ2) is 8.28. The van der Waals surface area contributed by atoms with Crippen molar-refractivity contribution in [2.45, 2.75) is 13.1 Å². The van der Waals surface area contributed by atoms with Crippen LogP contribution in [0.25, 0.3) is 0 Å². The molecule has 0 spiro atoms. The van der Waals surface area contributed by atoms with Crippen molar-refractivity contribution in [2.24, 2.45) is 0 Å². The van der Waals surface area contributed by atoms with Crippen LogP contribution >= 0.6 is 0 Å². The van der Waals surface area contributed by atoms with Gasteiger partial charge >= 0.3 is 6.18 Å². The third-order valence-electron chi connectivity index (χ3n) is 4.34. The monoisotopic (exact) mass is 391 g/mol. The van der Waals surface area contributed by atoms with Crippen LogP contribution in [0, 0.1) is 0 Å². The first-order valence-electron chi connectivity index (χ1n) is 8.79. The van der Waals surface area contributed by atoms with Gasteiger partial charge in [0.2, 0.25) is 5.91 Å². The van der Waals surface area contributed by atoms with Gasteiger partial charge in [0.15, 0.2) is 0 Å². The Labute approximate surface area is 160 Å². The van der Waals surface area contributed by atoms with Crippen molar-refractivity contribution in [2.75, 3.05) is 41.3 Å². The van der Waals surface area contributed by atoms with Crippen molar-refractivity contribution in [3.05, 3.63) is 54.4 Å². The second-order valence-corrected chi connectivity index (χ2v) is 6.27. The molecule has 0 atom stereocenters. The number of carbonyl (C=O) groups excluding carboxylic acids is 1. The number of anilines is 3. The van der Waals surface area contributed by atoms with Crippen LogP contribution in [0.3, 0.4) is 0 Å². The fraction of sp³-hybridized carbons (Fsp3) is 0.316. The summed E-state index contributed by atoms with van der Waals surface area (Å²) in [5.41, 5.74) is -0.139. The number of hydrogen-bond donors (Lipinski definition) is 1. The molecule has 0 saturated carbocycles. The summed E-state index contributed by atoms with van der Waals surface area (Å²) in [6.45, 7) is 4.35. The lowest BCUT2D eigenvalue weighted by atomic mass is 10.2. The van der Waals surface area contributed by atoms with Gasteiger partial charge in [-0.2, -0.15) is 13.2 Å². The molecule has 0 radical (unpaired) electrons. The molecule has 0 aliphatic carbocycles. The van der Waals surface area contributed by atoms with Gasteiger partial charge in [-0.3, -0.25) is 4.79 Å².